The van der Waals surface area contributed by atoms with Gasteiger partial charge in [-0.2, -0.15) is 31.4 Å². The average Bonchev–Trinajstić information content (AvgIpc) is 2.89. The van der Waals surface area contributed by atoms with Crippen LogP contribution in [0.15, 0.2) is 52.6 Å². The third-order valence-corrected chi connectivity index (χ3v) is 5.94. The average molecular weight is 590 g/mol. The van der Waals surface area contributed by atoms with Gasteiger partial charge in [0.05, 0.1) is 47.6 Å². The Kier molecular flexibility index (Phi) is 8.10. The van der Waals surface area contributed by atoms with Gasteiger partial charge in [-0.05, 0) is 23.6 Å². The number of fused-ring (bicyclic) bond motifs is 1. The second-order valence-corrected chi connectivity index (χ2v) is 8.83. The third-order valence-electron chi connectivity index (χ3n) is 5.94. The summed E-state index contributed by atoms with van der Waals surface area (Å²) >= 11 is 0. The number of aromatic nitrogens is 5. The lowest BCUT2D eigenvalue weighted by molar-refractivity contribution is -0.139. The fourth-order valence-corrected chi connectivity index (χ4v) is 4.02. The lowest BCUT2D eigenvalue weighted by Gasteiger charge is -2.22. The van der Waals surface area contributed by atoms with Gasteiger partial charge in [-0.25, -0.2) is 23.8 Å². The molecule has 4 aromatic rings. The Labute approximate surface area is 223 Å². The number of halogens is 8. The van der Waals surface area contributed by atoms with Crippen molar-refractivity contribution in [3.63, 3.8) is 0 Å². The number of benzene rings is 1. The van der Waals surface area contributed by atoms with Crippen LogP contribution in [-0.2, 0) is 18.9 Å². The first-order chi connectivity index (χ1) is 19.2. The van der Waals surface area contributed by atoms with Crippen LogP contribution >= 0.6 is 0 Å². The molecule has 0 bridgehead atoms. The van der Waals surface area contributed by atoms with E-state index in [1.807, 2.05) is 0 Å². The highest BCUT2D eigenvalue weighted by atomic mass is 19.4. The predicted octanol–water partition coefficient (Wildman–Crippen LogP) is 3.92. The van der Waals surface area contributed by atoms with E-state index in [2.05, 4.69) is 20.4 Å². The van der Waals surface area contributed by atoms with Crippen LogP contribution in [0, 0.1) is 5.82 Å². The van der Waals surface area contributed by atoms with Crippen LogP contribution in [0.2, 0.25) is 0 Å². The van der Waals surface area contributed by atoms with Crippen LogP contribution in [0.25, 0.3) is 22.2 Å². The fourth-order valence-electron chi connectivity index (χ4n) is 4.02. The minimum absolute atomic E-state index is 0.151. The van der Waals surface area contributed by atoms with Gasteiger partial charge >= 0.3 is 12.4 Å². The fraction of sp³-hybridized carbons (Fsp3) is 0.292. The number of aliphatic hydroxyl groups excluding tert-OH is 1. The van der Waals surface area contributed by atoms with Gasteiger partial charge in [0.1, 0.15) is 17.6 Å². The Hall–Kier alpha value is -4.41. The summed E-state index contributed by atoms with van der Waals surface area (Å²) in [6.07, 6.45) is -9.47. The summed E-state index contributed by atoms with van der Waals surface area (Å²) in [6.45, 7) is -1.46. The molecule has 3 heterocycles. The van der Waals surface area contributed by atoms with Gasteiger partial charge in [0.15, 0.2) is 5.82 Å². The van der Waals surface area contributed by atoms with Crippen molar-refractivity contribution in [3.05, 3.63) is 80.6 Å². The van der Waals surface area contributed by atoms with Gasteiger partial charge < -0.3 is 15.0 Å². The van der Waals surface area contributed by atoms with Crippen molar-refractivity contribution in [2.45, 2.75) is 37.5 Å². The second kappa shape index (κ2) is 11.2. The van der Waals surface area contributed by atoms with Crippen LogP contribution in [0.5, 0.6) is 0 Å². The summed E-state index contributed by atoms with van der Waals surface area (Å²) in [6, 6.07) is 1.95. The molecular weight excluding hydrogens is 572 g/mol. The molecule has 0 aliphatic heterocycles. The number of nitrogens with zero attached hydrogens (tertiary/aromatic N) is 4. The minimum atomic E-state index is -5.07. The summed E-state index contributed by atoms with van der Waals surface area (Å²) in [5, 5.41) is 16.7. The first kappa shape index (κ1) is 29.6. The quantitative estimate of drug-likeness (QED) is 0.266. The van der Waals surface area contributed by atoms with E-state index in [1.165, 1.54) is 6.07 Å². The molecule has 9 nitrogen and oxygen atoms in total. The molecule has 0 fully saturated rings. The Balaban J connectivity index is 1.54. The molecule has 17 heteroatoms. The molecular formula is C24H18F8N6O3. The van der Waals surface area contributed by atoms with Gasteiger partial charge in [-0.3, -0.25) is 9.59 Å². The summed E-state index contributed by atoms with van der Waals surface area (Å²) in [7, 11) is 0. The molecule has 0 amide bonds. The van der Waals surface area contributed by atoms with Crippen LogP contribution < -0.4 is 16.4 Å². The summed E-state index contributed by atoms with van der Waals surface area (Å²) < 4.78 is 109. The summed E-state index contributed by atoms with van der Waals surface area (Å²) in [5.74, 6) is -1.39. The number of aromatic amines is 1. The van der Waals surface area contributed by atoms with Crippen LogP contribution in [0.3, 0.4) is 0 Å². The number of hydrogen-bond acceptors (Lipinski definition) is 7. The normalized spacial score (nSPS) is 13.8. The van der Waals surface area contributed by atoms with E-state index in [0.29, 0.717) is 18.6 Å². The number of anilines is 1. The molecule has 218 valence electrons. The van der Waals surface area contributed by atoms with Crippen LogP contribution in [0.1, 0.15) is 17.5 Å². The number of nitrogens with one attached hydrogen (secondary N) is 2. The first-order valence-electron chi connectivity index (χ1n) is 11.6. The lowest BCUT2D eigenvalue weighted by atomic mass is 10.1. The number of aliphatic hydroxyl groups is 1. The van der Waals surface area contributed by atoms with E-state index in [4.69, 9.17) is 0 Å². The predicted molar refractivity (Wildman–Crippen MR) is 128 cm³/mol. The first-order valence-corrected chi connectivity index (χ1v) is 11.6. The molecule has 0 aliphatic carbocycles. The molecule has 3 N–H and O–H groups in total. The number of alkyl halides is 7. The molecule has 4 rings (SSSR count). The number of pyridine rings is 1. The van der Waals surface area contributed by atoms with Crippen molar-refractivity contribution in [1.82, 2.24) is 24.7 Å². The van der Waals surface area contributed by atoms with Gasteiger partial charge in [0.2, 0.25) is 0 Å². The molecule has 2 atom stereocenters. The van der Waals surface area contributed by atoms with E-state index < -0.39 is 77.9 Å². The maximum Gasteiger partial charge on any atom is 0.423 e. The Morgan fingerprint density at radius 1 is 1.02 bits per heavy atom. The van der Waals surface area contributed by atoms with Crippen molar-refractivity contribution < 1.29 is 40.2 Å². The molecule has 0 saturated heterocycles. The second-order valence-electron chi connectivity index (χ2n) is 8.83. The van der Waals surface area contributed by atoms with Crippen LogP contribution in [0.4, 0.5) is 40.8 Å². The van der Waals surface area contributed by atoms with E-state index in [1.54, 1.807) is 5.10 Å². The molecule has 0 saturated carbocycles. The van der Waals surface area contributed by atoms with Gasteiger partial charge in [0, 0.05) is 25.0 Å². The minimum Gasteiger partial charge on any atom is -0.394 e. The summed E-state index contributed by atoms with van der Waals surface area (Å²) in [5.41, 5.74) is -6.20. The SMILES string of the molecule is O=c1[nH]ncc(N[C@@H](CO)C[C@H](F)Cn2ccc3cc(-c4ncc(C(F)(F)F)cn4)c(F)cc3c2=O)c1C(F)(F)F. The van der Waals surface area contributed by atoms with Crippen molar-refractivity contribution in [2.24, 2.45) is 0 Å². The summed E-state index contributed by atoms with van der Waals surface area (Å²) in [4.78, 5) is 31.6. The Morgan fingerprint density at radius 3 is 2.32 bits per heavy atom. The smallest absolute Gasteiger partial charge is 0.394 e. The molecule has 0 radical (unpaired) electrons. The Morgan fingerprint density at radius 2 is 1.71 bits per heavy atom. The van der Waals surface area contributed by atoms with E-state index in [9.17, 15) is 49.8 Å². The lowest BCUT2D eigenvalue weighted by Crippen LogP contribution is -2.33. The van der Waals surface area contributed by atoms with Gasteiger partial charge in [-0.1, -0.05) is 0 Å². The van der Waals surface area contributed by atoms with Crippen molar-refractivity contribution in [2.75, 3.05) is 11.9 Å². The zero-order valence-electron chi connectivity index (χ0n) is 20.4. The maximum atomic E-state index is 14.9. The van der Waals surface area contributed by atoms with E-state index in [-0.39, 0.29) is 22.2 Å². The highest BCUT2D eigenvalue weighted by Gasteiger charge is 2.38. The number of hydrogen-bond donors (Lipinski definition) is 3. The zero-order chi connectivity index (χ0) is 30.1. The number of H-pyrrole nitrogens is 1. The zero-order valence-corrected chi connectivity index (χ0v) is 20.4. The standard InChI is InChI=1S/C24H18F8N6O3/c25-13(4-14(10-39)36-18-8-35-37-21(40)19(18)24(30,31)32)9-38-2-1-11-3-16(17(26)5-15(11)22(38)41)20-33-6-12(7-34-20)23(27,28)29/h1-3,5-8,13-14,39H,4,9-10H2,(H2,36,37,40)/t13-,14+/m0/s1. The van der Waals surface area contributed by atoms with Gasteiger partial charge in [0.25, 0.3) is 11.1 Å². The monoisotopic (exact) mass is 590 g/mol. The molecule has 0 unspecified atom stereocenters. The van der Waals surface area contributed by atoms with Crippen molar-refractivity contribution >= 4 is 16.5 Å². The highest BCUT2D eigenvalue weighted by molar-refractivity contribution is 5.86. The van der Waals surface area contributed by atoms with E-state index in [0.717, 1.165) is 22.9 Å². The van der Waals surface area contributed by atoms with Crippen molar-refractivity contribution in [3.8, 4) is 11.4 Å². The van der Waals surface area contributed by atoms with Gasteiger partial charge in [-0.15, -0.1) is 0 Å². The Bertz CT molecular complexity index is 1670. The molecule has 41 heavy (non-hydrogen) atoms. The highest BCUT2D eigenvalue weighted by Crippen LogP contribution is 2.32. The maximum absolute atomic E-state index is 14.9. The number of rotatable bonds is 8. The van der Waals surface area contributed by atoms with Crippen molar-refractivity contribution in [1.29, 1.82) is 0 Å². The largest absolute Gasteiger partial charge is 0.423 e. The van der Waals surface area contributed by atoms with Crippen LogP contribution in [-0.4, -0.2) is 48.7 Å². The molecule has 0 spiro atoms. The molecule has 3 aromatic heterocycles. The molecule has 1 aromatic carbocycles. The topological polar surface area (TPSA) is 126 Å². The molecule has 0 aliphatic rings. The van der Waals surface area contributed by atoms with E-state index >= 15 is 0 Å². The third kappa shape index (κ3) is 6.50.